The molecule has 0 saturated heterocycles. The molecule has 0 unspecified atom stereocenters. The van der Waals surface area contributed by atoms with Crippen molar-refractivity contribution < 1.29 is 14.3 Å². The number of aryl methyl sites for hydroxylation is 2. The zero-order chi connectivity index (χ0) is 17.6. The number of hydrogen-bond donors (Lipinski definition) is 0. The minimum absolute atomic E-state index is 0.156. The lowest BCUT2D eigenvalue weighted by molar-refractivity contribution is -0.143. The molecule has 25 heavy (non-hydrogen) atoms. The quantitative estimate of drug-likeness (QED) is 0.605. The molecule has 0 aliphatic carbocycles. The SMILES string of the molecule is CCOC(=O)CCc1cn(C)c2ccc(OCc3ccccc3)cc12. The smallest absolute Gasteiger partial charge is 0.306 e. The van der Waals surface area contributed by atoms with Crippen LogP contribution < -0.4 is 4.74 Å². The molecule has 0 aliphatic heterocycles. The van der Waals surface area contributed by atoms with E-state index in [0.29, 0.717) is 26.1 Å². The van der Waals surface area contributed by atoms with Gasteiger partial charge in [-0.15, -0.1) is 0 Å². The zero-order valence-corrected chi connectivity index (χ0v) is 14.7. The van der Waals surface area contributed by atoms with Crippen LogP contribution in [0.4, 0.5) is 0 Å². The monoisotopic (exact) mass is 337 g/mol. The van der Waals surface area contributed by atoms with Gasteiger partial charge >= 0.3 is 5.97 Å². The summed E-state index contributed by atoms with van der Waals surface area (Å²) in [5.41, 5.74) is 3.40. The number of fused-ring (bicyclic) bond motifs is 1. The first kappa shape index (κ1) is 17.1. The molecule has 0 spiro atoms. The zero-order valence-electron chi connectivity index (χ0n) is 14.7. The van der Waals surface area contributed by atoms with Gasteiger partial charge in [0, 0.05) is 30.6 Å². The van der Waals surface area contributed by atoms with E-state index in [-0.39, 0.29) is 5.97 Å². The van der Waals surface area contributed by atoms with E-state index in [1.54, 1.807) is 0 Å². The van der Waals surface area contributed by atoms with Crippen molar-refractivity contribution >= 4 is 16.9 Å². The third kappa shape index (κ3) is 4.21. The largest absolute Gasteiger partial charge is 0.489 e. The van der Waals surface area contributed by atoms with Crippen molar-refractivity contribution in [1.82, 2.24) is 4.57 Å². The Morgan fingerprint density at radius 3 is 2.68 bits per heavy atom. The highest BCUT2D eigenvalue weighted by Crippen LogP contribution is 2.27. The van der Waals surface area contributed by atoms with Gasteiger partial charge in [-0.1, -0.05) is 30.3 Å². The molecule has 1 aromatic heterocycles. The first-order chi connectivity index (χ1) is 12.2. The fourth-order valence-corrected chi connectivity index (χ4v) is 2.95. The maximum Gasteiger partial charge on any atom is 0.306 e. The molecule has 0 aliphatic rings. The van der Waals surface area contributed by atoms with Gasteiger partial charge in [-0.3, -0.25) is 4.79 Å². The minimum Gasteiger partial charge on any atom is -0.489 e. The Bertz CT molecular complexity index is 852. The fourth-order valence-electron chi connectivity index (χ4n) is 2.95. The first-order valence-electron chi connectivity index (χ1n) is 8.57. The molecule has 0 bridgehead atoms. The van der Waals surface area contributed by atoms with Crippen molar-refractivity contribution in [3.05, 3.63) is 65.9 Å². The van der Waals surface area contributed by atoms with Gasteiger partial charge in [0.05, 0.1) is 6.61 Å². The normalized spacial score (nSPS) is 10.8. The van der Waals surface area contributed by atoms with Crippen LogP contribution in [-0.4, -0.2) is 17.1 Å². The van der Waals surface area contributed by atoms with Crippen molar-refractivity contribution in [2.45, 2.75) is 26.4 Å². The number of rotatable bonds is 7. The summed E-state index contributed by atoms with van der Waals surface area (Å²) in [7, 11) is 2.01. The molecule has 3 rings (SSSR count). The van der Waals surface area contributed by atoms with Crippen LogP contribution in [0.5, 0.6) is 5.75 Å². The second-order valence-corrected chi connectivity index (χ2v) is 6.02. The Kier molecular flexibility index (Phi) is 5.39. The van der Waals surface area contributed by atoms with Crippen molar-refractivity contribution in [2.24, 2.45) is 7.05 Å². The summed E-state index contributed by atoms with van der Waals surface area (Å²) in [6.45, 7) is 2.79. The summed E-state index contributed by atoms with van der Waals surface area (Å²) < 4.78 is 13.0. The topological polar surface area (TPSA) is 40.5 Å². The van der Waals surface area contributed by atoms with E-state index in [9.17, 15) is 4.79 Å². The number of hydrogen-bond acceptors (Lipinski definition) is 3. The summed E-state index contributed by atoms with van der Waals surface area (Å²) in [5, 5.41) is 1.12. The molecule has 3 aromatic rings. The Morgan fingerprint density at radius 2 is 1.92 bits per heavy atom. The van der Waals surface area contributed by atoms with Crippen LogP contribution in [0.15, 0.2) is 54.7 Å². The van der Waals surface area contributed by atoms with Crippen LogP contribution >= 0.6 is 0 Å². The van der Waals surface area contributed by atoms with Crippen molar-refractivity contribution in [3.8, 4) is 5.75 Å². The highest BCUT2D eigenvalue weighted by molar-refractivity contribution is 5.86. The average Bonchev–Trinajstić information content (AvgIpc) is 2.95. The molecule has 4 heteroatoms. The fraction of sp³-hybridized carbons (Fsp3) is 0.286. The maximum atomic E-state index is 11.6. The van der Waals surface area contributed by atoms with E-state index >= 15 is 0 Å². The predicted molar refractivity (Wildman–Crippen MR) is 98.6 cm³/mol. The van der Waals surface area contributed by atoms with Gasteiger partial charge in [-0.2, -0.15) is 0 Å². The molecule has 2 aromatic carbocycles. The highest BCUT2D eigenvalue weighted by atomic mass is 16.5. The summed E-state index contributed by atoms with van der Waals surface area (Å²) in [4.78, 5) is 11.6. The molecule has 0 N–H and O–H groups in total. The van der Waals surface area contributed by atoms with Crippen molar-refractivity contribution in [2.75, 3.05) is 6.61 Å². The van der Waals surface area contributed by atoms with Gasteiger partial charge in [0.15, 0.2) is 0 Å². The molecule has 0 saturated carbocycles. The highest BCUT2D eigenvalue weighted by Gasteiger charge is 2.10. The maximum absolute atomic E-state index is 11.6. The predicted octanol–water partition coefficient (Wildman–Crippen LogP) is 4.25. The number of esters is 1. The standard InChI is InChI=1S/C21H23NO3/c1-3-24-21(23)12-9-17-14-22(2)20-11-10-18(13-19(17)20)25-15-16-7-5-4-6-8-16/h4-8,10-11,13-14H,3,9,12,15H2,1-2H3. The molecule has 1 heterocycles. The van der Waals surface area contributed by atoms with E-state index in [1.807, 2.05) is 50.4 Å². The van der Waals surface area contributed by atoms with E-state index in [2.05, 4.69) is 22.9 Å². The minimum atomic E-state index is -0.156. The van der Waals surface area contributed by atoms with E-state index in [0.717, 1.165) is 27.8 Å². The Labute approximate surface area is 148 Å². The second kappa shape index (κ2) is 7.88. The number of carbonyl (C=O) groups is 1. The molecule has 0 fully saturated rings. The van der Waals surface area contributed by atoms with E-state index in [4.69, 9.17) is 9.47 Å². The van der Waals surface area contributed by atoms with Crippen LogP contribution in [0.2, 0.25) is 0 Å². The first-order valence-corrected chi connectivity index (χ1v) is 8.57. The molecule has 130 valence electrons. The average molecular weight is 337 g/mol. The lowest BCUT2D eigenvalue weighted by Crippen LogP contribution is -2.04. The second-order valence-electron chi connectivity index (χ2n) is 6.02. The Hall–Kier alpha value is -2.75. The van der Waals surface area contributed by atoms with Gasteiger partial charge in [-0.05, 0) is 42.7 Å². The molecule has 0 amide bonds. The Morgan fingerprint density at radius 1 is 1.12 bits per heavy atom. The van der Waals surface area contributed by atoms with Gasteiger partial charge < -0.3 is 14.0 Å². The molecule has 4 nitrogen and oxygen atoms in total. The van der Waals surface area contributed by atoms with Crippen LogP contribution in [-0.2, 0) is 29.6 Å². The lowest BCUT2D eigenvalue weighted by Gasteiger charge is -2.07. The summed E-state index contributed by atoms with van der Waals surface area (Å²) in [5.74, 6) is 0.677. The summed E-state index contributed by atoms with van der Waals surface area (Å²) >= 11 is 0. The molecule has 0 radical (unpaired) electrons. The number of benzene rings is 2. The Balaban J connectivity index is 1.76. The summed E-state index contributed by atoms with van der Waals surface area (Å²) in [6, 6.07) is 16.2. The molecular formula is C21H23NO3. The van der Waals surface area contributed by atoms with Crippen molar-refractivity contribution in [3.63, 3.8) is 0 Å². The third-order valence-electron chi connectivity index (χ3n) is 4.20. The number of carbonyl (C=O) groups excluding carboxylic acids is 1. The van der Waals surface area contributed by atoms with Gasteiger partial charge in [0.25, 0.3) is 0 Å². The van der Waals surface area contributed by atoms with Crippen LogP contribution in [0.1, 0.15) is 24.5 Å². The molecular weight excluding hydrogens is 314 g/mol. The summed E-state index contributed by atoms with van der Waals surface area (Å²) in [6.07, 6.45) is 3.13. The van der Waals surface area contributed by atoms with Crippen LogP contribution in [0.3, 0.4) is 0 Å². The number of nitrogens with zero attached hydrogens (tertiary/aromatic N) is 1. The lowest BCUT2D eigenvalue weighted by atomic mass is 10.1. The van der Waals surface area contributed by atoms with Gasteiger partial charge in [-0.25, -0.2) is 0 Å². The van der Waals surface area contributed by atoms with Gasteiger partial charge in [0.1, 0.15) is 12.4 Å². The van der Waals surface area contributed by atoms with Crippen LogP contribution in [0, 0.1) is 0 Å². The van der Waals surface area contributed by atoms with E-state index in [1.165, 1.54) is 0 Å². The van der Waals surface area contributed by atoms with Gasteiger partial charge in [0.2, 0.25) is 0 Å². The number of aromatic nitrogens is 1. The van der Waals surface area contributed by atoms with E-state index < -0.39 is 0 Å². The third-order valence-corrected chi connectivity index (χ3v) is 4.20. The number of ether oxygens (including phenoxy) is 2. The molecule has 0 atom stereocenters. The van der Waals surface area contributed by atoms with Crippen LogP contribution in [0.25, 0.3) is 10.9 Å². The van der Waals surface area contributed by atoms with Crippen molar-refractivity contribution in [1.29, 1.82) is 0 Å².